The molecule has 0 aromatic heterocycles. The van der Waals surface area contributed by atoms with Gasteiger partial charge in [-0.2, -0.15) is 0 Å². The Morgan fingerprint density at radius 1 is 1.33 bits per heavy atom. The SMILES string of the molecule is CC(C)CC1CCCCN(C)C1. The van der Waals surface area contributed by atoms with E-state index in [-0.39, 0.29) is 0 Å². The highest BCUT2D eigenvalue weighted by Crippen LogP contribution is 2.21. The fourth-order valence-electron chi connectivity index (χ4n) is 2.30. The van der Waals surface area contributed by atoms with Gasteiger partial charge in [0.1, 0.15) is 0 Å². The minimum atomic E-state index is 0.876. The Labute approximate surface area is 77.1 Å². The Bertz CT molecular complexity index is 120. The molecule has 0 saturated carbocycles. The molecule has 1 heteroatoms. The molecule has 1 atom stereocenters. The second-order valence-corrected chi connectivity index (χ2v) is 4.75. The summed E-state index contributed by atoms with van der Waals surface area (Å²) in [4.78, 5) is 2.50. The molecule has 0 radical (unpaired) electrons. The quantitative estimate of drug-likeness (QED) is 0.614. The minimum absolute atomic E-state index is 0.876. The Kier molecular flexibility index (Phi) is 4.07. The van der Waals surface area contributed by atoms with E-state index in [1.807, 2.05) is 0 Å². The number of hydrogen-bond donors (Lipinski definition) is 0. The molecule has 0 bridgehead atoms. The average molecular weight is 169 g/mol. The summed E-state index contributed by atoms with van der Waals surface area (Å²) < 4.78 is 0. The molecule has 0 aliphatic carbocycles. The Balaban J connectivity index is 2.31. The van der Waals surface area contributed by atoms with E-state index in [2.05, 4.69) is 25.8 Å². The molecule has 0 aromatic rings. The van der Waals surface area contributed by atoms with Crippen molar-refractivity contribution in [1.29, 1.82) is 0 Å². The fourth-order valence-corrected chi connectivity index (χ4v) is 2.30. The van der Waals surface area contributed by atoms with Crippen molar-refractivity contribution in [3.63, 3.8) is 0 Å². The van der Waals surface area contributed by atoms with Gasteiger partial charge in [0.25, 0.3) is 0 Å². The summed E-state index contributed by atoms with van der Waals surface area (Å²) in [5.41, 5.74) is 0. The molecule has 1 rings (SSSR count). The van der Waals surface area contributed by atoms with E-state index in [1.165, 1.54) is 38.8 Å². The van der Waals surface area contributed by atoms with Gasteiger partial charge in [0, 0.05) is 6.54 Å². The summed E-state index contributed by atoms with van der Waals surface area (Å²) in [5.74, 6) is 1.85. The molecular formula is C11H23N. The van der Waals surface area contributed by atoms with Gasteiger partial charge in [0.15, 0.2) is 0 Å². The van der Waals surface area contributed by atoms with Crippen molar-refractivity contribution in [2.75, 3.05) is 20.1 Å². The van der Waals surface area contributed by atoms with E-state index >= 15 is 0 Å². The molecule has 0 N–H and O–H groups in total. The maximum Gasteiger partial charge on any atom is 0.000670 e. The van der Waals surface area contributed by atoms with Gasteiger partial charge in [0.05, 0.1) is 0 Å². The highest BCUT2D eigenvalue weighted by atomic mass is 15.1. The summed E-state index contributed by atoms with van der Waals surface area (Å²) in [5, 5.41) is 0. The first-order chi connectivity index (χ1) is 5.68. The van der Waals surface area contributed by atoms with Crippen LogP contribution < -0.4 is 0 Å². The lowest BCUT2D eigenvalue weighted by molar-refractivity contribution is 0.273. The maximum atomic E-state index is 2.50. The fraction of sp³-hybridized carbons (Fsp3) is 1.00. The van der Waals surface area contributed by atoms with Crippen LogP contribution in [0.5, 0.6) is 0 Å². The van der Waals surface area contributed by atoms with Crippen LogP contribution in [0.1, 0.15) is 39.5 Å². The van der Waals surface area contributed by atoms with Crippen LogP contribution in [0, 0.1) is 11.8 Å². The predicted molar refractivity (Wildman–Crippen MR) is 54.3 cm³/mol. The number of hydrogen-bond acceptors (Lipinski definition) is 1. The molecule has 1 aliphatic heterocycles. The lowest BCUT2D eigenvalue weighted by Crippen LogP contribution is -2.24. The zero-order valence-corrected chi connectivity index (χ0v) is 8.84. The molecule has 0 spiro atoms. The van der Waals surface area contributed by atoms with Crippen LogP contribution in [0.3, 0.4) is 0 Å². The highest BCUT2D eigenvalue weighted by molar-refractivity contribution is 4.69. The van der Waals surface area contributed by atoms with Crippen molar-refractivity contribution >= 4 is 0 Å². The van der Waals surface area contributed by atoms with Gasteiger partial charge in [-0.3, -0.25) is 0 Å². The van der Waals surface area contributed by atoms with E-state index in [1.54, 1.807) is 0 Å². The van der Waals surface area contributed by atoms with Gasteiger partial charge in [-0.25, -0.2) is 0 Å². The van der Waals surface area contributed by atoms with Crippen molar-refractivity contribution in [2.24, 2.45) is 11.8 Å². The third-order valence-electron chi connectivity index (χ3n) is 2.78. The Morgan fingerprint density at radius 3 is 2.75 bits per heavy atom. The second kappa shape index (κ2) is 4.86. The minimum Gasteiger partial charge on any atom is -0.306 e. The van der Waals surface area contributed by atoms with Crippen molar-refractivity contribution < 1.29 is 0 Å². The molecular weight excluding hydrogens is 146 g/mol. The molecule has 12 heavy (non-hydrogen) atoms. The van der Waals surface area contributed by atoms with Gasteiger partial charge in [-0.15, -0.1) is 0 Å². The first kappa shape index (κ1) is 10.0. The van der Waals surface area contributed by atoms with Crippen LogP contribution in [0.25, 0.3) is 0 Å². The van der Waals surface area contributed by atoms with Crippen molar-refractivity contribution in [1.82, 2.24) is 4.90 Å². The zero-order valence-electron chi connectivity index (χ0n) is 8.84. The van der Waals surface area contributed by atoms with E-state index in [0.717, 1.165) is 11.8 Å². The highest BCUT2D eigenvalue weighted by Gasteiger charge is 2.16. The lowest BCUT2D eigenvalue weighted by atomic mass is 9.93. The van der Waals surface area contributed by atoms with E-state index in [4.69, 9.17) is 0 Å². The normalized spacial score (nSPS) is 27.5. The maximum absolute atomic E-state index is 2.50. The van der Waals surface area contributed by atoms with Crippen LogP contribution >= 0.6 is 0 Å². The Hall–Kier alpha value is -0.0400. The van der Waals surface area contributed by atoms with Gasteiger partial charge < -0.3 is 4.90 Å². The lowest BCUT2D eigenvalue weighted by Gasteiger charge is -2.21. The third-order valence-corrected chi connectivity index (χ3v) is 2.78. The first-order valence-corrected chi connectivity index (χ1v) is 5.37. The van der Waals surface area contributed by atoms with Crippen LogP contribution in [0.4, 0.5) is 0 Å². The number of rotatable bonds is 2. The molecule has 72 valence electrons. The molecule has 0 aromatic carbocycles. The summed E-state index contributed by atoms with van der Waals surface area (Å²) in [6, 6.07) is 0. The monoisotopic (exact) mass is 169 g/mol. The summed E-state index contributed by atoms with van der Waals surface area (Å²) in [6.45, 7) is 7.32. The van der Waals surface area contributed by atoms with E-state index < -0.39 is 0 Å². The molecule has 1 aliphatic rings. The third kappa shape index (κ3) is 3.57. The van der Waals surface area contributed by atoms with Crippen LogP contribution in [0.2, 0.25) is 0 Å². The summed E-state index contributed by atoms with van der Waals surface area (Å²) in [7, 11) is 2.26. The van der Waals surface area contributed by atoms with Crippen molar-refractivity contribution in [3.8, 4) is 0 Å². The standard InChI is InChI=1S/C11H23N/c1-10(2)8-11-6-4-5-7-12(3)9-11/h10-11H,4-9H2,1-3H3. The van der Waals surface area contributed by atoms with Crippen molar-refractivity contribution in [2.45, 2.75) is 39.5 Å². The molecule has 1 fully saturated rings. The number of nitrogens with zero attached hydrogens (tertiary/aromatic N) is 1. The number of likely N-dealkylation sites (tertiary alicyclic amines) is 1. The van der Waals surface area contributed by atoms with E-state index in [9.17, 15) is 0 Å². The molecule has 1 unspecified atom stereocenters. The smallest absolute Gasteiger partial charge is 0.000670 e. The molecule has 1 nitrogen and oxygen atoms in total. The summed E-state index contributed by atoms with van der Waals surface area (Å²) in [6.07, 6.45) is 5.74. The Morgan fingerprint density at radius 2 is 2.08 bits per heavy atom. The zero-order chi connectivity index (χ0) is 8.97. The molecule has 0 amide bonds. The first-order valence-electron chi connectivity index (χ1n) is 5.37. The van der Waals surface area contributed by atoms with Gasteiger partial charge in [-0.1, -0.05) is 20.3 Å². The van der Waals surface area contributed by atoms with E-state index in [0.29, 0.717) is 0 Å². The van der Waals surface area contributed by atoms with Crippen LogP contribution in [0.15, 0.2) is 0 Å². The second-order valence-electron chi connectivity index (χ2n) is 4.75. The largest absolute Gasteiger partial charge is 0.306 e. The van der Waals surface area contributed by atoms with Crippen LogP contribution in [-0.4, -0.2) is 25.0 Å². The molecule has 1 saturated heterocycles. The average Bonchev–Trinajstić information content (AvgIpc) is 2.12. The summed E-state index contributed by atoms with van der Waals surface area (Å²) >= 11 is 0. The van der Waals surface area contributed by atoms with Gasteiger partial charge >= 0.3 is 0 Å². The van der Waals surface area contributed by atoms with Gasteiger partial charge in [-0.05, 0) is 44.7 Å². The molecule has 1 heterocycles. The topological polar surface area (TPSA) is 3.24 Å². The van der Waals surface area contributed by atoms with Crippen LogP contribution in [-0.2, 0) is 0 Å². The van der Waals surface area contributed by atoms with Gasteiger partial charge in [0.2, 0.25) is 0 Å². The predicted octanol–water partition coefficient (Wildman–Crippen LogP) is 2.76. The van der Waals surface area contributed by atoms with Crippen molar-refractivity contribution in [3.05, 3.63) is 0 Å².